The van der Waals surface area contributed by atoms with Crippen LogP contribution in [0.1, 0.15) is 72.1 Å². The first-order valence-corrected chi connectivity index (χ1v) is 9.57. The fourth-order valence-electron chi connectivity index (χ4n) is 3.87. The molecule has 0 aromatic carbocycles. The fourth-order valence-corrected chi connectivity index (χ4v) is 3.87. The zero-order chi connectivity index (χ0) is 20.6. The van der Waals surface area contributed by atoms with Crippen molar-refractivity contribution in [2.75, 3.05) is 0 Å². The van der Waals surface area contributed by atoms with Gasteiger partial charge in [0.15, 0.2) is 0 Å². The number of Topliss-reactive ketones (excluding diaryl/α,β-unsaturated/α-hetero) is 1. The second kappa shape index (κ2) is 7.39. The Morgan fingerprint density at radius 3 is 2.46 bits per heavy atom. The van der Waals surface area contributed by atoms with Crippen LogP contribution in [-0.4, -0.2) is 33.0 Å². The van der Waals surface area contributed by atoms with Crippen molar-refractivity contribution in [1.82, 2.24) is 15.2 Å². The van der Waals surface area contributed by atoms with E-state index in [1.165, 1.54) is 19.4 Å². The third kappa shape index (κ3) is 3.94. The average Bonchev–Trinajstić information content (AvgIpc) is 3.12. The van der Waals surface area contributed by atoms with Crippen LogP contribution in [0.5, 0.6) is 0 Å². The number of carbonyl (C=O) groups excluding carboxylic acids is 3. The molecule has 0 fully saturated rings. The van der Waals surface area contributed by atoms with E-state index in [1.807, 2.05) is 19.1 Å². The van der Waals surface area contributed by atoms with E-state index in [9.17, 15) is 19.5 Å². The Morgan fingerprint density at radius 2 is 1.86 bits per heavy atom. The summed E-state index contributed by atoms with van der Waals surface area (Å²) in [5, 5.41) is 15.0. The molecule has 1 aliphatic carbocycles. The van der Waals surface area contributed by atoms with Gasteiger partial charge in [-0.25, -0.2) is 0 Å². The summed E-state index contributed by atoms with van der Waals surface area (Å²) in [5.41, 5.74) is 2.51. The highest BCUT2D eigenvalue weighted by molar-refractivity contribution is 6.43. The first kappa shape index (κ1) is 20.1. The predicted molar refractivity (Wildman–Crippen MR) is 105 cm³/mol. The van der Waals surface area contributed by atoms with Crippen LogP contribution in [0.3, 0.4) is 0 Å². The highest BCUT2D eigenvalue weighted by Gasteiger charge is 2.33. The molecular weight excluding hydrogens is 358 g/mol. The molecule has 3 N–H and O–H groups in total. The SMILES string of the molecule is CC1=CC=C(NC(=O)c2c(C)c(C(=O)C(=O)NC(C)(C)O)n3c2CCCC3)C1. The first-order chi connectivity index (χ1) is 13.1. The van der Waals surface area contributed by atoms with E-state index in [0.29, 0.717) is 30.5 Å². The molecule has 0 radical (unpaired) electrons. The lowest BCUT2D eigenvalue weighted by Gasteiger charge is -2.20. The first-order valence-electron chi connectivity index (χ1n) is 9.57. The van der Waals surface area contributed by atoms with E-state index in [2.05, 4.69) is 10.6 Å². The van der Waals surface area contributed by atoms with Gasteiger partial charge in [0.05, 0.1) is 11.3 Å². The topological polar surface area (TPSA) is 100 Å². The smallest absolute Gasteiger partial charge is 0.296 e. The van der Waals surface area contributed by atoms with E-state index in [4.69, 9.17) is 0 Å². The van der Waals surface area contributed by atoms with Crippen LogP contribution in [0.25, 0.3) is 0 Å². The van der Waals surface area contributed by atoms with Crippen LogP contribution in [0.15, 0.2) is 23.4 Å². The highest BCUT2D eigenvalue weighted by Crippen LogP contribution is 2.29. The Labute approximate surface area is 164 Å². The molecule has 2 heterocycles. The van der Waals surface area contributed by atoms with Gasteiger partial charge < -0.3 is 20.3 Å². The zero-order valence-corrected chi connectivity index (χ0v) is 16.8. The number of carbonyl (C=O) groups is 3. The second-order valence-corrected chi connectivity index (χ2v) is 8.08. The summed E-state index contributed by atoms with van der Waals surface area (Å²) in [6.07, 6.45) is 7.03. The van der Waals surface area contributed by atoms with Gasteiger partial charge in [0.2, 0.25) is 0 Å². The molecule has 7 heteroatoms. The third-order valence-electron chi connectivity index (χ3n) is 5.04. The molecule has 28 heavy (non-hydrogen) atoms. The summed E-state index contributed by atoms with van der Waals surface area (Å²) < 4.78 is 1.80. The lowest BCUT2D eigenvalue weighted by Crippen LogP contribution is -2.46. The molecule has 0 bridgehead atoms. The van der Waals surface area contributed by atoms with Gasteiger partial charge >= 0.3 is 0 Å². The van der Waals surface area contributed by atoms with E-state index >= 15 is 0 Å². The molecule has 0 saturated heterocycles. The van der Waals surface area contributed by atoms with Gasteiger partial charge in [-0.3, -0.25) is 14.4 Å². The van der Waals surface area contributed by atoms with Crippen molar-refractivity contribution < 1.29 is 19.5 Å². The fraction of sp³-hybridized carbons (Fsp3) is 0.476. The van der Waals surface area contributed by atoms with Crippen LogP contribution in [0.4, 0.5) is 0 Å². The van der Waals surface area contributed by atoms with Crippen molar-refractivity contribution in [3.8, 4) is 0 Å². The van der Waals surface area contributed by atoms with Crippen molar-refractivity contribution >= 4 is 17.6 Å². The molecule has 1 aliphatic heterocycles. The molecule has 0 unspecified atom stereocenters. The largest absolute Gasteiger partial charge is 0.372 e. The molecule has 2 amide bonds. The van der Waals surface area contributed by atoms with Gasteiger partial charge in [-0.05, 0) is 58.6 Å². The number of hydrogen-bond acceptors (Lipinski definition) is 4. The van der Waals surface area contributed by atoms with E-state index in [0.717, 1.165) is 24.2 Å². The molecule has 2 aliphatic rings. The maximum atomic E-state index is 13.0. The third-order valence-corrected chi connectivity index (χ3v) is 5.04. The number of amides is 2. The number of fused-ring (bicyclic) bond motifs is 1. The Kier molecular flexibility index (Phi) is 5.30. The molecule has 0 spiro atoms. The highest BCUT2D eigenvalue weighted by atomic mass is 16.3. The van der Waals surface area contributed by atoms with Gasteiger partial charge in [-0.1, -0.05) is 11.6 Å². The lowest BCUT2D eigenvalue weighted by molar-refractivity contribution is -0.122. The number of rotatable bonds is 5. The summed E-state index contributed by atoms with van der Waals surface area (Å²) in [4.78, 5) is 38.2. The normalized spacial score (nSPS) is 16.2. The number of hydrogen-bond donors (Lipinski definition) is 3. The van der Waals surface area contributed by atoms with Gasteiger partial charge in [-0.2, -0.15) is 0 Å². The van der Waals surface area contributed by atoms with Gasteiger partial charge in [0, 0.05) is 24.4 Å². The lowest BCUT2D eigenvalue weighted by atomic mass is 10.0. The Hall–Kier alpha value is -2.67. The number of allylic oxidation sites excluding steroid dienone is 3. The summed E-state index contributed by atoms with van der Waals surface area (Å²) in [6.45, 7) is 7.08. The standard InChI is InChI=1S/C21H27N3O4/c1-12-8-9-14(11-12)22-19(26)16-13(2)17(24-10-6-5-7-15(16)24)18(25)20(27)23-21(3,4)28/h8-9,28H,5-7,10-11H2,1-4H3,(H,22,26)(H,23,27). The quantitative estimate of drug-likeness (QED) is 0.411. The molecule has 7 nitrogen and oxygen atoms in total. The monoisotopic (exact) mass is 385 g/mol. The molecule has 1 aromatic rings. The minimum absolute atomic E-state index is 0.233. The average molecular weight is 385 g/mol. The number of nitrogens with zero attached hydrogens (tertiary/aromatic N) is 1. The molecule has 0 atom stereocenters. The Morgan fingerprint density at radius 1 is 1.14 bits per heavy atom. The Bertz CT molecular complexity index is 913. The second-order valence-electron chi connectivity index (χ2n) is 8.08. The maximum absolute atomic E-state index is 13.0. The van der Waals surface area contributed by atoms with Gasteiger partial charge in [0.1, 0.15) is 5.72 Å². The number of aliphatic hydroxyl groups is 1. The molecule has 3 rings (SSSR count). The van der Waals surface area contributed by atoms with Crippen LogP contribution < -0.4 is 10.6 Å². The number of ketones is 1. The summed E-state index contributed by atoms with van der Waals surface area (Å²) >= 11 is 0. The minimum atomic E-state index is -1.50. The van der Waals surface area contributed by atoms with Gasteiger partial charge in [0.25, 0.3) is 17.6 Å². The predicted octanol–water partition coefficient (Wildman–Crippen LogP) is 2.12. The van der Waals surface area contributed by atoms with Crippen molar-refractivity contribution in [2.45, 2.75) is 65.6 Å². The van der Waals surface area contributed by atoms with Crippen molar-refractivity contribution in [1.29, 1.82) is 0 Å². The minimum Gasteiger partial charge on any atom is -0.372 e. The van der Waals surface area contributed by atoms with Crippen LogP contribution >= 0.6 is 0 Å². The molecular formula is C21H27N3O4. The number of aromatic nitrogens is 1. The molecule has 150 valence electrons. The van der Waals surface area contributed by atoms with Crippen LogP contribution in [0.2, 0.25) is 0 Å². The van der Waals surface area contributed by atoms with Crippen LogP contribution in [0, 0.1) is 6.92 Å². The number of nitrogens with one attached hydrogen (secondary N) is 2. The zero-order valence-electron chi connectivity index (χ0n) is 16.8. The Balaban J connectivity index is 1.95. The summed E-state index contributed by atoms with van der Waals surface area (Å²) in [5.74, 6) is -1.87. The maximum Gasteiger partial charge on any atom is 0.296 e. The van der Waals surface area contributed by atoms with Crippen molar-refractivity contribution in [2.24, 2.45) is 0 Å². The van der Waals surface area contributed by atoms with E-state index in [-0.39, 0.29) is 11.6 Å². The van der Waals surface area contributed by atoms with Crippen LogP contribution in [-0.2, 0) is 17.8 Å². The summed E-state index contributed by atoms with van der Waals surface area (Å²) in [6, 6.07) is 0. The summed E-state index contributed by atoms with van der Waals surface area (Å²) in [7, 11) is 0. The van der Waals surface area contributed by atoms with Gasteiger partial charge in [-0.15, -0.1) is 0 Å². The van der Waals surface area contributed by atoms with Crippen molar-refractivity contribution in [3.63, 3.8) is 0 Å². The van der Waals surface area contributed by atoms with Crippen molar-refractivity contribution in [3.05, 3.63) is 45.9 Å². The molecule has 0 saturated carbocycles. The molecule has 1 aromatic heterocycles. The van der Waals surface area contributed by atoms with E-state index < -0.39 is 17.4 Å². The van der Waals surface area contributed by atoms with E-state index in [1.54, 1.807) is 11.5 Å².